The molecule has 3 nitrogen and oxygen atoms in total. The minimum absolute atomic E-state index is 0.173. The quantitative estimate of drug-likeness (QED) is 0.838. The highest BCUT2D eigenvalue weighted by Crippen LogP contribution is 2.31. The van der Waals surface area contributed by atoms with E-state index in [0.29, 0.717) is 25.3 Å². The van der Waals surface area contributed by atoms with Gasteiger partial charge in [0.2, 0.25) is 5.91 Å². The van der Waals surface area contributed by atoms with Crippen molar-refractivity contribution in [3.63, 3.8) is 0 Å². The highest BCUT2D eigenvalue weighted by molar-refractivity contribution is 5.77. The van der Waals surface area contributed by atoms with Crippen molar-refractivity contribution in [3.8, 4) is 0 Å². The van der Waals surface area contributed by atoms with Gasteiger partial charge in [-0.15, -0.1) is 0 Å². The summed E-state index contributed by atoms with van der Waals surface area (Å²) in [5, 5.41) is 3.31. The van der Waals surface area contributed by atoms with Gasteiger partial charge >= 0.3 is 6.18 Å². The molecule has 19 heavy (non-hydrogen) atoms. The molecule has 1 heterocycles. The predicted molar refractivity (Wildman–Crippen MR) is 65.7 cm³/mol. The van der Waals surface area contributed by atoms with Crippen LogP contribution in [0.15, 0.2) is 0 Å². The first-order valence-electron chi connectivity index (χ1n) is 7.05. The van der Waals surface area contributed by atoms with Gasteiger partial charge in [-0.25, -0.2) is 0 Å². The number of nitrogens with zero attached hydrogens (tertiary/aromatic N) is 1. The molecule has 1 N–H and O–H groups in total. The zero-order valence-corrected chi connectivity index (χ0v) is 11.0. The number of nitrogens with one attached hydrogen (secondary N) is 1. The molecular formula is C13H21F3N2O. The third-order valence-electron chi connectivity index (χ3n) is 3.78. The molecule has 1 unspecified atom stereocenters. The first-order valence-corrected chi connectivity index (χ1v) is 7.05. The van der Waals surface area contributed by atoms with E-state index in [1.807, 2.05) is 0 Å². The Labute approximate surface area is 111 Å². The largest absolute Gasteiger partial charge is 0.406 e. The van der Waals surface area contributed by atoms with E-state index in [1.165, 1.54) is 0 Å². The van der Waals surface area contributed by atoms with Gasteiger partial charge in [-0.05, 0) is 38.6 Å². The van der Waals surface area contributed by atoms with Gasteiger partial charge in [0, 0.05) is 18.5 Å². The maximum absolute atomic E-state index is 12.4. The molecule has 1 amide bonds. The number of hydrogen-bond donors (Lipinski definition) is 1. The van der Waals surface area contributed by atoms with Crippen LogP contribution >= 0.6 is 0 Å². The smallest absolute Gasteiger partial charge is 0.331 e. The third-order valence-corrected chi connectivity index (χ3v) is 3.78. The van der Waals surface area contributed by atoms with Crippen molar-refractivity contribution in [2.45, 2.75) is 63.2 Å². The summed E-state index contributed by atoms with van der Waals surface area (Å²) < 4.78 is 37.3. The van der Waals surface area contributed by atoms with Crippen LogP contribution in [-0.2, 0) is 4.79 Å². The summed E-state index contributed by atoms with van der Waals surface area (Å²) >= 11 is 0. The molecule has 2 rings (SSSR count). The molecule has 0 radical (unpaired) electrons. The lowest BCUT2D eigenvalue weighted by Gasteiger charge is -2.26. The number of amides is 1. The van der Waals surface area contributed by atoms with Crippen LogP contribution in [0.25, 0.3) is 0 Å². The monoisotopic (exact) mass is 278 g/mol. The molecule has 0 aromatic rings. The van der Waals surface area contributed by atoms with Gasteiger partial charge in [0.25, 0.3) is 0 Å². The molecule has 110 valence electrons. The zero-order valence-electron chi connectivity index (χ0n) is 11.0. The van der Waals surface area contributed by atoms with E-state index < -0.39 is 12.7 Å². The van der Waals surface area contributed by atoms with Crippen LogP contribution in [-0.4, -0.2) is 42.2 Å². The highest BCUT2D eigenvalue weighted by atomic mass is 19.4. The fraction of sp³-hybridized carbons (Fsp3) is 0.923. The Balaban J connectivity index is 1.78. The highest BCUT2D eigenvalue weighted by Gasteiger charge is 2.40. The van der Waals surface area contributed by atoms with E-state index in [1.54, 1.807) is 0 Å². The predicted octanol–water partition coefficient (Wildman–Crippen LogP) is 2.46. The Morgan fingerprint density at radius 1 is 1.21 bits per heavy atom. The van der Waals surface area contributed by atoms with Crippen molar-refractivity contribution in [1.82, 2.24) is 10.2 Å². The molecule has 1 saturated carbocycles. The summed E-state index contributed by atoms with van der Waals surface area (Å²) in [7, 11) is 0. The van der Waals surface area contributed by atoms with E-state index in [2.05, 4.69) is 5.32 Å². The van der Waals surface area contributed by atoms with Crippen molar-refractivity contribution in [1.29, 1.82) is 0 Å². The van der Waals surface area contributed by atoms with Crippen molar-refractivity contribution >= 4 is 5.91 Å². The molecule has 1 aliphatic carbocycles. The second-order valence-corrected chi connectivity index (χ2v) is 5.55. The summed E-state index contributed by atoms with van der Waals surface area (Å²) in [4.78, 5) is 13.0. The summed E-state index contributed by atoms with van der Waals surface area (Å²) in [5.74, 6) is -0.341. The van der Waals surface area contributed by atoms with Crippen LogP contribution in [0.2, 0.25) is 0 Å². The molecule has 1 saturated heterocycles. The number of alkyl halides is 3. The van der Waals surface area contributed by atoms with Gasteiger partial charge in [-0.1, -0.05) is 6.42 Å². The van der Waals surface area contributed by atoms with Crippen molar-refractivity contribution in [2.75, 3.05) is 13.1 Å². The van der Waals surface area contributed by atoms with Crippen molar-refractivity contribution in [2.24, 2.45) is 0 Å². The fourth-order valence-corrected chi connectivity index (χ4v) is 2.61. The number of rotatable bonds is 5. The topological polar surface area (TPSA) is 32.3 Å². The number of hydrogen-bond acceptors (Lipinski definition) is 2. The zero-order chi connectivity index (χ0) is 13.9. The molecule has 2 fully saturated rings. The van der Waals surface area contributed by atoms with E-state index in [0.717, 1.165) is 30.7 Å². The van der Waals surface area contributed by atoms with Gasteiger partial charge in [-0.3, -0.25) is 4.79 Å². The molecule has 0 aromatic carbocycles. The second-order valence-electron chi connectivity index (χ2n) is 5.55. The Kier molecular flexibility index (Phi) is 4.71. The lowest BCUT2D eigenvalue weighted by atomic mass is 10.0. The van der Waals surface area contributed by atoms with Crippen molar-refractivity contribution in [3.05, 3.63) is 0 Å². The Hall–Kier alpha value is -0.780. The first-order chi connectivity index (χ1) is 8.96. The summed E-state index contributed by atoms with van der Waals surface area (Å²) in [6.07, 6.45) is 1.32. The lowest BCUT2D eigenvalue weighted by Crippen LogP contribution is -2.41. The normalized spacial score (nSPS) is 24.3. The van der Waals surface area contributed by atoms with E-state index >= 15 is 0 Å². The second kappa shape index (κ2) is 6.11. The van der Waals surface area contributed by atoms with E-state index in [-0.39, 0.29) is 18.4 Å². The summed E-state index contributed by atoms with van der Waals surface area (Å²) in [5.41, 5.74) is 0. The molecule has 0 bridgehead atoms. The Bertz CT molecular complexity index is 310. The van der Waals surface area contributed by atoms with Crippen LogP contribution in [0.4, 0.5) is 13.2 Å². The first kappa shape index (κ1) is 14.6. The molecule has 1 atom stereocenters. The molecule has 6 heteroatoms. The lowest BCUT2D eigenvalue weighted by molar-refractivity contribution is -0.162. The molecular weight excluding hydrogens is 257 g/mol. The van der Waals surface area contributed by atoms with Crippen LogP contribution in [0.5, 0.6) is 0 Å². The average Bonchev–Trinajstić information content (AvgIpc) is 3.17. The van der Waals surface area contributed by atoms with E-state index in [9.17, 15) is 18.0 Å². The molecule has 0 spiro atoms. The number of piperidine rings is 1. The van der Waals surface area contributed by atoms with E-state index in [4.69, 9.17) is 0 Å². The standard InChI is InChI=1S/C13H21F3N2O/c14-13(15,16)9-18(11-5-6-11)12(19)7-4-10-3-1-2-8-17-10/h10-11,17H,1-9H2. The summed E-state index contributed by atoms with van der Waals surface area (Å²) in [6.45, 7) is -0.137. The molecule has 1 aliphatic heterocycles. The SMILES string of the molecule is O=C(CCC1CCCCN1)N(CC(F)(F)F)C1CC1. The third kappa shape index (κ3) is 5.01. The minimum Gasteiger partial charge on any atom is -0.331 e. The van der Waals surface area contributed by atoms with Gasteiger partial charge < -0.3 is 10.2 Å². The van der Waals surface area contributed by atoms with Gasteiger partial charge in [0.15, 0.2) is 0 Å². The average molecular weight is 278 g/mol. The van der Waals surface area contributed by atoms with Crippen LogP contribution in [0.3, 0.4) is 0 Å². The van der Waals surface area contributed by atoms with Gasteiger partial charge in [0.05, 0.1) is 0 Å². The maximum Gasteiger partial charge on any atom is 0.406 e. The van der Waals surface area contributed by atoms with Crippen LogP contribution in [0.1, 0.15) is 44.9 Å². The Morgan fingerprint density at radius 3 is 2.47 bits per heavy atom. The minimum atomic E-state index is -4.29. The van der Waals surface area contributed by atoms with Crippen LogP contribution < -0.4 is 5.32 Å². The molecule has 2 aliphatic rings. The fourth-order valence-electron chi connectivity index (χ4n) is 2.61. The number of halogens is 3. The van der Waals surface area contributed by atoms with Gasteiger partial charge in [-0.2, -0.15) is 13.2 Å². The Morgan fingerprint density at radius 2 is 1.95 bits per heavy atom. The number of carbonyl (C=O) groups is 1. The van der Waals surface area contributed by atoms with Crippen LogP contribution in [0, 0.1) is 0 Å². The van der Waals surface area contributed by atoms with Gasteiger partial charge in [0.1, 0.15) is 6.54 Å². The maximum atomic E-state index is 12.4. The number of carbonyl (C=O) groups excluding carboxylic acids is 1. The summed E-state index contributed by atoms with van der Waals surface area (Å²) in [6, 6.07) is 0.123. The molecule has 0 aromatic heterocycles. The van der Waals surface area contributed by atoms with Crippen molar-refractivity contribution < 1.29 is 18.0 Å².